The molecule has 5 nitrogen and oxygen atoms in total. The number of halogens is 1. The van der Waals surface area contributed by atoms with E-state index < -0.39 is 0 Å². The van der Waals surface area contributed by atoms with Gasteiger partial charge in [0, 0.05) is 0 Å². The number of carbonyl (C=O) groups excluding carboxylic acids is 1. The molecule has 1 fully saturated rings. The Balaban J connectivity index is 2.10. The molecule has 1 aliphatic rings. The molecule has 6 heteroatoms. The number of nitrogens with zero attached hydrogens (tertiary/aromatic N) is 3. The molecule has 1 aromatic heterocycles. The average molecular weight is 201 g/mol. The second kappa shape index (κ2) is 3.33. The number of carbonyl (C=O) groups is 1. The Kier molecular flexibility index (Phi) is 2.18. The lowest BCUT2D eigenvalue weighted by molar-refractivity contribution is -0.114. The summed E-state index contributed by atoms with van der Waals surface area (Å²) in [5.74, 6) is 0.356. The summed E-state index contributed by atoms with van der Waals surface area (Å²) in [5.41, 5.74) is 0. The lowest BCUT2D eigenvalue weighted by Gasteiger charge is -2.03. The van der Waals surface area contributed by atoms with Crippen molar-refractivity contribution >= 4 is 23.3 Å². The molecule has 0 aromatic carbocycles. The third-order valence-electron chi connectivity index (χ3n) is 1.86. The van der Waals surface area contributed by atoms with E-state index in [4.69, 9.17) is 11.6 Å². The van der Waals surface area contributed by atoms with Gasteiger partial charge in [0.25, 0.3) is 0 Å². The van der Waals surface area contributed by atoms with Gasteiger partial charge in [-0.25, -0.2) is 4.68 Å². The Morgan fingerprint density at radius 3 is 3.15 bits per heavy atom. The SMILES string of the molecule is O=C(CCl)Nc1cnnn1C1CC1. The van der Waals surface area contributed by atoms with Crippen LogP contribution in [0.3, 0.4) is 0 Å². The summed E-state index contributed by atoms with van der Waals surface area (Å²) in [4.78, 5) is 11.0. The molecule has 0 spiro atoms. The fourth-order valence-corrected chi connectivity index (χ4v) is 1.16. The number of alkyl halides is 1. The number of hydrogen-bond acceptors (Lipinski definition) is 3. The fraction of sp³-hybridized carbons (Fsp3) is 0.571. The van der Waals surface area contributed by atoms with Crippen LogP contribution in [-0.2, 0) is 4.79 Å². The summed E-state index contributed by atoms with van der Waals surface area (Å²) in [6, 6.07) is 0.410. The van der Waals surface area contributed by atoms with Crippen LogP contribution in [0, 0.1) is 0 Å². The van der Waals surface area contributed by atoms with E-state index in [1.165, 1.54) is 6.20 Å². The van der Waals surface area contributed by atoms with E-state index in [-0.39, 0.29) is 11.8 Å². The van der Waals surface area contributed by atoms with Crippen LogP contribution < -0.4 is 5.32 Å². The van der Waals surface area contributed by atoms with Crippen LogP contribution >= 0.6 is 11.6 Å². The predicted octanol–water partition coefficient (Wildman–Crippen LogP) is 0.790. The highest BCUT2D eigenvalue weighted by molar-refractivity contribution is 6.28. The molecule has 0 aliphatic heterocycles. The van der Waals surface area contributed by atoms with Crippen LogP contribution in [0.25, 0.3) is 0 Å². The molecule has 0 unspecified atom stereocenters. The quantitative estimate of drug-likeness (QED) is 0.734. The minimum atomic E-state index is -0.231. The summed E-state index contributed by atoms with van der Waals surface area (Å²) in [5, 5.41) is 10.2. The molecule has 1 aromatic rings. The molecule has 1 heterocycles. The van der Waals surface area contributed by atoms with Crippen molar-refractivity contribution in [1.29, 1.82) is 0 Å². The van der Waals surface area contributed by atoms with Crippen LogP contribution in [0.4, 0.5) is 5.82 Å². The molecule has 70 valence electrons. The summed E-state index contributed by atoms with van der Waals surface area (Å²) in [6.45, 7) is 0. The van der Waals surface area contributed by atoms with Crippen molar-refractivity contribution in [1.82, 2.24) is 15.0 Å². The molecule has 1 saturated carbocycles. The van der Waals surface area contributed by atoms with E-state index in [0.717, 1.165) is 12.8 Å². The van der Waals surface area contributed by atoms with Crippen molar-refractivity contribution < 1.29 is 4.79 Å². The first-order chi connectivity index (χ1) is 6.31. The number of amides is 1. The average Bonchev–Trinajstić information content (AvgIpc) is 2.88. The number of hydrogen-bond donors (Lipinski definition) is 1. The van der Waals surface area contributed by atoms with Crippen molar-refractivity contribution in [2.45, 2.75) is 18.9 Å². The maximum Gasteiger partial charge on any atom is 0.240 e. The van der Waals surface area contributed by atoms with Gasteiger partial charge in [0.2, 0.25) is 5.91 Å². The van der Waals surface area contributed by atoms with E-state index in [0.29, 0.717) is 11.9 Å². The van der Waals surface area contributed by atoms with Crippen molar-refractivity contribution in [3.05, 3.63) is 6.20 Å². The highest BCUT2D eigenvalue weighted by Gasteiger charge is 2.27. The largest absolute Gasteiger partial charge is 0.309 e. The molecule has 1 amide bonds. The standard InChI is InChI=1S/C7H9ClN4O/c8-3-7(13)10-6-4-9-11-12(6)5-1-2-5/h4-5H,1-3H2,(H,10,13). The number of nitrogens with one attached hydrogen (secondary N) is 1. The molecule has 0 saturated heterocycles. The Morgan fingerprint density at radius 2 is 2.54 bits per heavy atom. The Labute approximate surface area is 80.1 Å². The zero-order valence-corrected chi connectivity index (χ0v) is 7.66. The first-order valence-corrected chi connectivity index (χ1v) is 4.60. The fourth-order valence-electron chi connectivity index (χ4n) is 1.10. The van der Waals surface area contributed by atoms with Crippen molar-refractivity contribution in [2.75, 3.05) is 11.2 Å². The molecule has 0 atom stereocenters. The number of rotatable bonds is 3. The van der Waals surface area contributed by atoms with Gasteiger partial charge in [0.05, 0.1) is 12.2 Å². The summed E-state index contributed by atoms with van der Waals surface area (Å²) < 4.78 is 1.73. The molecular weight excluding hydrogens is 192 g/mol. The van der Waals surface area contributed by atoms with E-state index in [2.05, 4.69) is 15.6 Å². The van der Waals surface area contributed by atoms with Gasteiger partial charge in [-0.1, -0.05) is 5.21 Å². The maximum atomic E-state index is 11.0. The summed E-state index contributed by atoms with van der Waals surface area (Å²) in [6.07, 6.45) is 3.74. The van der Waals surface area contributed by atoms with Crippen LogP contribution in [0.1, 0.15) is 18.9 Å². The first-order valence-electron chi connectivity index (χ1n) is 4.07. The number of aromatic nitrogens is 3. The Hall–Kier alpha value is -1.10. The van der Waals surface area contributed by atoms with Gasteiger partial charge < -0.3 is 5.32 Å². The predicted molar refractivity (Wildman–Crippen MR) is 47.6 cm³/mol. The van der Waals surface area contributed by atoms with Gasteiger partial charge in [0.15, 0.2) is 5.82 Å². The Bertz CT molecular complexity index is 320. The maximum absolute atomic E-state index is 11.0. The minimum Gasteiger partial charge on any atom is -0.309 e. The van der Waals surface area contributed by atoms with Gasteiger partial charge in [-0.15, -0.1) is 16.7 Å². The smallest absolute Gasteiger partial charge is 0.240 e. The minimum absolute atomic E-state index is 0.0458. The molecular formula is C7H9ClN4O. The molecule has 0 radical (unpaired) electrons. The molecule has 1 aliphatic carbocycles. The molecule has 2 rings (SSSR count). The van der Waals surface area contributed by atoms with Crippen molar-refractivity contribution in [3.63, 3.8) is 0 Å². The molecule has 0 bridgehead atoms. The van der Waals surface area contributed by atoms with E-state index >= 15 is 0 Å². The monoisotopic (exact) mass is 200 g/mol. The van der Waals surface area contributed by atoms with Crippen LogP contribution in [0.15, 0.2) is 6.20 Å². The summed E-state index contributed by atoms with van der Waals surface area (Å²) in [7, 11) is 0. The van der Waals surface area contributed by atoms with Crippen LogP contribution in [0.5, 0.6) is 0 Å². The zero-order chi connectivity index (χ0) is 9.26. The Morgan fingerprint density at radius 1 is 1.77 bits per heavy atom. The summed E-state index contributed by atoms with van der Waals surface area (Å²) >= 11 is 5.35. The molecule has 13 heavy (non-hydrogen) atoms. The van der Waals surface area contributed by atoms with Gasteiger partial charge in [-0.2, -0.15) is 0 Å². The van der Waals surface area contributed by atoms with Crippen LogP contribution in [-0.4, -0.2) is 26.8 Å². The van der Waals surface area contributed by atoms with Crippen molar-refractivity contribution in [2.24, 2.45) is 0 Å². The van der Waals surface area contributed by atoms with Gasteiger partial charge in [0.1, 0.15) is 5.88 Å². The first kappa shape index (κ1) is 8.50. The molecule has 1 N–H and O–H groups in total. The highest BCUT2D eigenvalue weighted by atomic mass is 35.5. The topological polar surface area (TPSA) is 59.8 Å². The van der Waals surface area contributed by atoms with E-state index in [1.54, 1.807) is 4.68 Å². The normalized spacial score (nSPS) is 15.8. The lowest BCUT2D eigenvalue weighted by atomic mass is 10.6. The van der Waals surface area contributed by atoms with Crippen LogP contribution in [0.2, 0.25) is 0 Å². The van der Waals surface area contributed by atoms with Gasteiger partial charge in [-0.3, -0.25) is 4.79 Å². The van der Waals surface area contributed by atoms with Crippen molar-refractivity contribution in [3.8, 4) is 0 Å². The highest BCUT2D eigenvalue weighted by Crippen LogP contribution is 2.35. The lowest BCUT2D eigenvalue weighted by Crippen LogP contribution is -2.15. The van der Waals surface area contributed by atoms with E-state index in [9.17, 15) is 4.79 Å². The number of anilines is 1. The van der Waals surface area contributed by atoms with Gasteiger partial charge in [-0.05, 0) is 12.8 Å². The van der Waals surface area contributed by atoms with E-state index in [1.807, 2.05) is 0 Å². The third-order valence-corrected chi connectivity index (χ3v) is 2.10. The second-order valence-electron chi connectivity index (χ2n) is 2.98. The second-order valence-corrected chi connectivity index (χ2v) is 3.24. The third kappa shape index (κ3) is 1.80. The zero-order valence-electron chi connectivity index (χ0n) is 6.90. The van der Waals surface area contributed by atoms with Gasteiger partial charge >= 0.3 is 0 Å².